The molecule has 0 fully saturated rings. The van der Waals surface area contributed by atoms with Crippen molar-refractivity contribution in [3.63, 3.8) is 0 Å². The molecular formula is C12H15ClF3NO3S. The first kappa shape index (κ1) is 18.2. The molecule has 1 aromatic carbocycles. The molecule has 0 atom stereocenters. The number of sulfonamides is 1. The van der Waals surface area contributed by atoms with E-state index in [-0.39, 0.29) is 24.5 Å². The van der Waals surface area contributed by atoms with Gasteiger partial charge >= 0.3 is 6.18 Å². The van der Waals surface area contributed by atoms with Crippen LogP contribution < -0.4 is 4.72 Å². The molecule has 0 radical (unpaired) electrons. The van der Waals surface area contributed by atoms with Gasteiger partial charge in [-0.3, -0.25) is 0 Å². The Morgan fingerprint density at radius 3 is 2.62 bits per heavy atom. The molecular weight excluding hydrogens is 331 g/mol. The van der Waals surface area contributed by atoms with E-state index in [1.807, 2.05) is 0 Å². The quantitative estimate of drug-likeness (QED) is 0.773. The number of ether oxygens (including phenoxy) is 1. The first-order valence-electron chi connectivity index (χ1n) is 6.03. The van der Waals surface area contributed by atoms with E-state index < -0.39 is 22.8 Å². The van der Waals surface area contributed by atoms with Crippen LogP contribution in [0.5, 0.6) is 0 Å². The van der Waals surface area contributed by atoms with Crippen molar-refractivity contribution in [1.82, 2.24) is 4.72 Å². The summed E-state index contributed by atoms with van der Waals surface area (Å²) >= 11 is 5.85. The highest BCUT2D eigenvalue weighted by Gasteiger charge is 2.27. The molecule has 120 valence electrons. The van der Waals surface area contributed by atoms with Gasteiger partial charge in [0, 0.05) is 18.2 Å². The van der Waals surface area contributed by atoms with Crippen molar-refractivity contribution in [2.45, 2.75) is 24.4 Å². The maximum absolute atomic E-state index is 12.0. The molecule has 0 amide bonds. The Bertz CT molecular complexity index is 576. The molecule has 1 rings (SSSR count). The third kappa shape index (κ3) is 6.21. The van der Waals surface area contributed by atoms with E-state index in [9.17, 15) is 21.6 Å². The maximum Gasteiger partial charge on any atom is 0.411 e. The summed E-state index contributed by atoms with van der Waals surface area (Å²) in [5.74, 6) is 0. The molecule has 4 nitrogen and oxygen atoms in total. The summed E-state index contributed by atoms with van der Waals surface area (Å²) in [7, 11) is -3.74. The molecule has 0 saturated carbocycles. The van der Waals surface area contributed by atoms with Gasteiger partial charge in [0.2, 0.25) is 10.0 Å². The minimum Gasteiger partial charge on any atom is -0.372 e. The van der Waals surface area contributed by atoms with Gasteiger partial charge in [-0.1, -0.05) is 17.7 Å². The van der Waals surface area contributed by atoms with Crippen LogP contribution in [-0.4, -0.2) is 34.4 Å². The lowest BCUT2D eigenvalue weighted by atomic mass is 10.2. The zero-order valence-corrected chi connectivity index (χ0v) is 12.8. The Morgan fingerprint density at radius 2 is 2.00 bits per heavy atom. The van der Waals surface area contributed by atoms with Gasteiger partial charge in [-0.15, -0.1) is 0 Å². The zero-order chi connectivity index (χ0) is 16.1. The van der Waals surface area contributed by atoms with Crippen LogP contribution in [0.4, 0.5) is 13.2 Å². The smallest absolute Gasteiger partial charge is 0.372 e. The van der Waals surface area contributed by atoms with Crippen LogP contribution >= 0.6 is 11.6 Å². The van der Waals surface area contributed by atoms with Gasteiger partial charge in [-0.2, -0.15) is 13.2 Å². The summed E-state index contributed by atoms with van der Waals surface area (Å²) in [6.07, 6.45) is -4.24. The van der Waals surface area contributed by atoms with Crippen LogP contribution in [0.25, 0.3) is 0 Å². The second-order valence-corrected chi connectivity index (χ2v) is 6.42. The number of benzene rings is 1. The fourth-order valence-corrected chi connectivity index (χ4v) is 3.10. The Kier molecular flexibility index (Phi) is 6.45. The van der Waals surface area contributed by atoms with Crippen molar-refractivity contribution >= 4 is 21.6 Å². The number of alkyl halides is 3. The predicted molar refractivity (Wildman–Crippen MR) is 72.9 cm³/mol. The lowest BCUT2D eigenvalue weighted by Gasteiger charge is -2.11. The van der Waals surface area contributed by atoms with Gasteiger partial charge in [0.1, 0.15) is 6.61 Å². The van der Waals surface area contributed by atoms with Crippen molar-refractivity contribution in [1.29, 1.82) is 0 Å². The topological polar surface area (TPSA) is 55.4 Å². The molecule has 0 aliphatic heterocycles. The van der Waals surface area contributed by atoms with Crippen LogP contribution in [-0.2, 0) is 14.8 Å². The highest BCUT2D eigenvalue weighted by molar-refractivity contribution is 7.89. The van der Waals surface area contributed by atoms with E-state index in [0.717, 1.165) is 0 Å². The first-order chi connectivity index (χ1) is 9.63. The monoisotopic (exact) mass is 345 g/mol. The van der Waals surface area contributed by atoms with Gasteiger partial charge in [0.05, 0.1) is 4.90 Å². The molecule has 0 aliphatic carbocycles. The molecule has 0 heterocycles. The third-order valence-electron chi connectivity index (χ3n) is 2.53. The largest absolute Gasteiger partial charge is 0.411 e. The third-order valence-corrected chi connectivity index (χ3v) is 4.55. The van der Waals surface area contributed by atoms with Crippen LogP contribution in [0.1, 0.15) is 12.0 Å². The Hall–Kier alpha value is -0.830. The second kappa shape index (κ2) is 7.44. The lowest BCUT2D eigenvalue weighted by Crippen LogP contribution is -2.27. The molecule has 0 saturated heterocycles. The molecule has 1 N–H and O–H groups in total. The van der Waals surface area contributed by atoms with Gasteiger partial charge in [0.15, 0.2) is 0 Å². The van der Waals surface area contributed by atoms with E-state index >= 15 is 0 Å². The van der Waals surface area contributed by atoms with Gasteiger partial charge in [-0.25, -0.2) is 13.1 Å². The van der Waals surface area contributed by atoms with Crippen LogP contribution in [0.2, 0.25) is 5.02 Å². The summed E-state index contributed by atoms with van der Waals surface area (Å²) in [6.45, 7) is 0.0270. The summed E-state index contributed by atoms with van der Waals surface area (Å²) in [4.78, 5) is 0.0474. The van der Waals surface area contributed by atoms with Crippen LogP contribution in [0.3, 0.4) is 0 Å². The molecule has 0 spiro atoms. The Balaban J connectivity index is 2.46. The summed E-state index contributed by atoms with van der Waals surface area (Å²) in [5.41, 5.74) is 0.417. The van der Waals surface area contributed by atoms with Gasteiger partial charge < -0.3 is 4.74 Å². The van der Waals surface area contributed by atoms with E-state index in [1.165, 1.54) is 12.1 Å². The van der Waals surface area contributed by atoms with E-state index in [1.54, 1.807) is 13.0 Å². The molecule has 0 aliphatic rings. The zero-order valence-electron chi connectivity index (χ0n) is 11.2. The average Bonchev–Trinajstić information content (AvgIpc) is 2.35. The molecule has 21 heavy (non-hydrogen) atoms. The van der Waals surface area contributed by atoms with Gasteiger partial charge in [-0.05, 0) is 31.0 Å². The summed E-state index contributed by atoms with van der Waals surface area (Å²) < 4.78 is 66.1. The second-order valence-electron chi connectivity index (χ2n) is 4.28. The van der Waals surface area contributed by atoms with E-state index in [0.29, 0.717) is 10.6 Å². The minimum atomic E-state index is -4.38. The van der Waals surface area contributed by atoms with Crippen molar-refractivity contribution < 1.29 is 26.3 Å². The molecule has 0 aromatic heterocycles. The van der Waals surface area contributed by atoms with Crippen molar-refractivity contribution in [2.75, 3.05) is 19.8 Å². The number of hydrogen-bond donors (Lipinski definition) is 1. The Morgan fingerprint density at radius 1 is 1.33 bits per heavy atom. The number of nitrogens with one attached hydrogen (secondary N) is 1. The molecule has 0 unspecified atom stereocenters. The van der Waals surface area contributed by atoms with E-state index in [2.05, 4.69) is 9.46 Å². The molecule has 0 bridgehead atoms. The average molecular weight is 346 g/mol. The highest BCUT2D eigenvalue weighted by Crippen LogP contribution is 2.22. The predicted octanol–water partition coefficient (Wildman–Crippen LogP) is 2.90. The van der Waals surface area contributed by atoms with Crippen LogP contribution in [0, 0.1) is 6.92 Å². The molecule has 9 heteroatoms. The number of hydrogen-bond acceptors (Lipinski definition) is 3. The van der Waals surface area contributed by atoms with E-state index in [4.69, 9.17) is 11.6 Å². The van der Waals surface area contributed by atoms with Gasteiger partial charge in [0.25, 0.3) is 0 Å². The van der Waals surface area contributed by atoms with Crippen molar-refractivity contribution in [2.24, 2.45) is 0 Å². The number of rotatable bonds is 7. The lowest BCUT2D eigenvalue weighted by molar-refractivity contribution is -0.173. The summed E-state index contributed by atoms with van der Waals surface area (Å²) in [6, 6.07) is 4.49. The minimum absolute atomic E-state index is 0.0217. The fraction of sp³-hybridized carbons (Fsp3) is 0.500. The van der Waals surface area contributed by atoms with Crippen molar-refractivity contribution in [3.8, 4) is 0 Å². The van der Waals surface area contributed by atoms with Crippen LogP contribution in [0.15, 0.2) is 23.1 Å². The maximum atomic E-state index is 12.0. The fourth-order valence-electron chi connectivity index (χ4n) is 1.53. The molecule has 1 aromatic rings. The normalized spacial score (nSPS) is 12.6. The van der Waals surface area contributed by atoms with Crippen molar-refractivity contribution in [3.05, 3.63) is 28.8 Å². The Labute approximate surface area is 126 Å². The SMILES string of the molecule is Cc1c(Cl)cccc1S(=O)(=O)NCCCOCC(F)(F)F. The summed E-state index contributed by atoms with van der Waals surface area (Å²) in [5, 5.41) is 0.325. The standard InChI is InChI=1S/C12H15ClF3NO3S/c1-9-10(13)4-2-5-11(9)21(18,19)17-6-3-7-20-8-12(14,15)16/h2,4-5,17H,3,6-8H2,1H3. The first-order valence-corrected chi connectivity index (χ1v) is 7.89. The highest BCUT2D eigenvalue weighted by atomic mass is 35.5. The number of halogens is 4.